The van der Waals surface area contributed by atoms with Crippen molar-refractivity contribution in [2.24, 2.45) is 11.8 Å². The van der Waals surface area contributed by atoms with E-state index in [1.165, 1.54) is 0 Å². The second-order valence-electron chi connectivity index (χ2n) is 7.95. The van der Waals surface area contributed by atoms with Gasteiger partial charge in [-0.15, -0.1) is 0 Å². The lowest BCUT2D eigenvalue weighted by molar-refractivity contribution is -0.127. The molecule has 4 rings (SSSR count). The Hall–Kier alpha value is -3.35. The fourth-order valence-corrected chi connectivity index (χ4v) is 3.91. The summed E-state index contributed by atoms with van der Waals surface area (Å²) in [6, 6.07) is 14.9. The standard InChI is InChI=1S/C23H26N4O3/c1-14(2)21(22-24-16-8-4-5-9-17(16)25-22)26-23(29)15-12-20(28)27(13-15)18-10-6-7-11-19(18)30-3/h4-11,14-15,21H,12-13H2,1-3H3,(H,24,25)(H,26,29)/t15?,21-/m1/s1. The van der Waals surface area contributed by atoms with Crippen molar-refractivity contribution in [2.45, 2.75) is 26.3 Å². The fourth-order valence-electron chi connectivity index (χ4n) is 3.91. The molecular weight excluding hydrogens is 380 g/mol. The highest BCUT2D eigenvalue weighted by molar-refractivity contribution is 6.01. The number of aromatic amines is 1. The van der Waals surface area contributed by atoms with Crippen molar-refractivity contribution in [3.05, 3.63) is 54.4 Å². The number of ether oxygens (including phenoxy) is 1. The van der Waals surface area contributed by atoms with Gasteiger partial charge < -0.3 is 19.9 Å². The number of aromatic nitrogens is 2. The molecule has 7 nitrogen and oxygen atoms in total. The van der Waals surface area contributed by atoms with Crippen molar-refractivity contribution in [1.29, 1.82) is 0 Å². The van der Waals surface area contributed by atoms with Crippen LogP contribution in [0.25, 0.3) is 11.0 Å². The van der Waals surface area contributed by atoms with Crippen molar-refractivity contribution in [3.8, 4) is 5.75 Å². The third kappa shape index (κ3) is 3.75. The van der Waals surface area contributed by atoms with Crippen LogP contribution < -0.4 is 15.0 Å². The number of nitrogens with zero attached hydrogens (tertiary/aromatic N) is 2. The largest absolute Gasteiger partial charge is 0.495 e. The summed E-state index contributed by atoms with van der Waals surface area (Å²) in [4.78, 5) is 35.3. The van der Waals surface area contributed by atoms with E-state index in [1.54, 1.807) is 12.0 Å². The Morgan fingerprint density at radius 3 is 2.67 bits per heavy atom. The molecule has 0 bridgehead atoms. The summed E-state index contributed by atoms with van der Waals surface area (Å²) in [5.41, 5.74) is 2.49. The molecule has 7 heteroatoms. The van der Waals surface area contributed by atoms with E-state index >= 15 is 0 Å². The van der Waals surface area contributed by atoms with E-state index in [0.717, 1.165) is 16.9 Å². The molecule has 2 amide bonds. The third-order valence-corrected chi connectivity index (χ3v) is 5.54. The molecule has 0 radical (unpaired) electrons. The van der Waals surface area contributed by atoms with Crippen molar-refractivity contribution in [1.82, 2.24) is 15.3 Å². The van der Waals surface area contributed by atoms with Gasteiger partial charge in [-0.25, -0.2) is 4.98 Å². The Morgan fingerprint density at radius 2 is 1.93 bits per heavy atom. The second kappa shape index (κ2) is 8.18. The quantitative estimate of drug-likeness (QED) is 0.656. The Kier molecular flexibility index (Phi) is 5.44. The summed E-state index contributed by atoms with van der Waals surface area (Å²) in [6.45, 7) is 4.41. The predicted octanol–water partition coefficient (Wildman–Crippen LogP) is 3.44. The molecule has 2 aromatic carbocycles. The maximum atomic E-state index is 13.1. The number of H-pyrrole nitrogens is 1. The molecule has 0 saturated carbocycles. The summed E-state index contributed by atoms with van der Waals surface area (Å²) < 4.78 is 5.38. The Morgan fingerprint density at radius 1 is 1.20 bits per heavy atom. The van der Waals surface area contributed by atoms with E-state index < -0.39 is 5.92 Å². The van der Waals surface area contributed by atoms with Gasteiger partial charge in [0.15, 0.2) is 0 Å². The first-order valence-corrected chi connectivity index (χ1v) is 10.2. The molecule has 0 spiro atoms. The molecule has 1 fully saturated rings. The molecular formula is C23H26N4O3. The molecule has 2 N–H and O–H groups in total. The fraction of sp³-hybridized carbons (Fsp3) is 0.348. The number of carbonyl (C=O) groups is 2. The van der Waals surface area contributed by atoms with Crippen LogP contribution in [0.5, 0.6) is 5.75 Å². The highest BCUT2D eigenvalue weighted by Crippen LogP contribution is 2.33. The zero-order chi connectivity index (χ0) is 21.3. The van der Waals surface area contributed by atoms with E-state index in [4.69, 9.17) is 4.74 Å². The van der Waals surface area contributed by atoms with E-state index in [9.17, 15) is 9.59 Å². The Balaban J connectivity index is 1.51. The number of carbonyl (C=O) groups excluding carboxylic acids is 2. The zero-order valence-corrected chi connectivity index (χ0v) is 17.4. The number of anilines is 1. The van der Waals surface area contributed by atoms with Gasteiger partial charge in [-0.05, 0) is 30.2 Å². The normalized spacial score (nSPS) is 17.5. The minimum atomic E-state index is -0.423. The van der Waals surface area contributed by atoms with Gasteiger partial charge in [0.25, 0.3) is 0 Å². The SMILES string of the molecule is COc1ccccc1N1CC(C(=O)N[C@@H](c2nc3ccccc3[nH]2)C(C)C)CC1=O. The Bertz CT molecular complexity index is 1040. The number of rotatable bonds is 6. The summed E-state index contributed by atoms with van der Waals surface area (Å²) in [5, 5.41) is 3.11. The number of amides is 2. The van der Waals surface area contributed by atoms with Gasteiger partial charge in [-0.3, -0.25) is 9.59 Å². The lowest BCUT2D eigenvalue weighted by Crippen LogP contribution is -2.38. The van der Waals surface area contributed by atoms with Crippen molar-refractivity contribution in [2.75, 3.05) is 18.6 Å². The number of fused-ring (bicyclic) bond motifs is 1. The topological polar surface area (TPSA) is 87.3 Å². The van der Waals surface area contributed by atoms with Crippen LogP contribution in [0.2, 0.25) is 0 Å². The van der Waals surface area contributed by atoms with E-state index in [-0.39, 0.29) is 30.2 Å². The van der Waals surface area contributed by atoms with Gasteiger partial charge in [-0.2, -0.15) is 0 Å². The monoisotopic (exact) mass is 406 g/mol. The first-order chi connectivity index (χ1) is 14.5. The van der Waals surface area contributed by atoms with Gasteiger partial charge >= 0.3 is 0 Å². The molecule has 0 aliphatic carbocycles. The maximum absolute atomic E-state index is 13.1. The molecule has 3 aromatic rings. The molecule has 1 saturated heterocycles. The molecule has 2 atom stereocenters. The highest BCUT2D eigenvalue weighted by atomic mass is 16.5. The molecule has 156 valence electrons. The van der Waals surface area contributed by atoms with Gasteiger partial charge in [0.2, 0.25) is 11.8 Å². The summed E-state index contributed by atoms with van der Waals surface area (Å²) in [7, 11) is 1.57. The average Bonchev–Trinajstić information content (AvgIpc) is 3.35. The van der Waals surface area contributed by atoms with Gasteiger partial charge in [0, 0.05) is 13.0 Å². The van der Waals surface area contributed by atoms with Crippen LogP contribution in [-0.2, 0) is 9.59 Å². The maximum Gasteiger partial charge on any atom is 0.227 e. The van der Waals surface area contributed by atoms with Crippen molar-refractivity contribution in [3.63, 3.8) is 0 Å². The molecule has 2 heterocycles. The highest BCUT2D eigenvalue weighted by Gasteiger charge is 2.37. The van der Waals surface area contributed by atoms with Crippen LogP contribution in [-0.4, -0.2) is 35.4 Å². The average molecular weight is 406 g/mol. The predicted molar refractivity (Wildman–Crippen MR) is 115 cm³/mol. The minimum Gasteiger partial charge on any atom is -0.495 e. The van der Waals surface area contributed by atoms with Crippen LogP contribution in [0.3, 0.4) is 0 Å². The first kappa shape index (κ1) is 19.9. The molecule has 30 heavy (non-hydrogen) atoms. The lowest BCUT2D eigenvalue weighted by atomic mass is 10.0. The summed E-state index contributed by atoms with van der Waals surface area (Å²) in [5.74, 6) is 0.842. The molecule has 1 aliphatic heterocycles. The molecule has 1 unspecified atom stereocenters. The van der Waals surface area contributed by atoms with Gasteiger partial charge in [0.1, 0.15) is 11.6 Å². The van der Waals surface area contributed by atoms with E-state index in [0.29, 0.717) is 18.0 Å². The summed E-state index contributed by atoms with van der Waals surface area (Å²) in [6.07, 6.45) is 0.175. The van der Waals surface area contributed by atoms with Gasteiger partial charge in [0.05, 0.1) is 35.8 Å². The van der Waals surface area contributed by atoms with Crippen molar-refractivity contribution >= 4 is 28.5 Å². The molecule has 1 aromatic heterocycles. The minimum absolute atomic E-state index is 0.0792. The zero-order valence-electron chi connectivity index (χ0n) is 17.4. The number of para-hydroxylation sites is 4. The number of benzene rings is 2. The van der Waals surface area contributed by atoms with Crippen molar-refractivity contribution < 1.29 is 14.3 Å². The van der Waals surface area contributed by atoms with Crippen LogP contribution >= 0.6 is 0 Å². The van der Waals surface area contributed by atoms with Crippen LogP contribution in [0, 0.1) is 11.8 Å². The smallest absolute Gasteiger partial charge is 0.227 e. The van der Waals surface area contributed by atoms with Crippen LogP contribution in [0.1, 0.15) is 32.1 Å². The number of hydrogen-bond donors (Lipinski definition) is 2. The molecule has 1 aliphatic rings. The van der Waals surface area contributed by atoms with Crippen LogP contribution in [0.4, 0.5) is 5.69 Å². The number of imidazole rings is 1. The van der Waals surface area contributed by atoms with Gasteiger partial charge in [-0.1, -0.05) is 38.1 Å². The lowest BCUT2D eigenvalue weighted by Gasteiger charge is -2.23. The third-order valence-electron chi connectivity index (χ3n) is 5.54. The number of hydrogen-bond acceptors (Lipinski definition) is 4. The van der Waals surface area contributed by atoms with E-state index in [1.807, 2.05) is 62.4 Å². The van der Waals surface area contributed by atoms with E-state index in [2.05, 4.69) is 15.3 Å². The first-order valence-electron chi connectivity index (χ1n) is 10.2. The Labute approximate surface area is 175 Å². The summed E-state index contributed by atoms with van der Waals surface area (Å²) >= 11 is 0. The number of nitrogens with one attached hydrogen (secondary N) is 2. The van der Waals surface area contributed by atoms with Crippen LogP contribution in [0.15, 0.2) is 48.5 Å². The number of methoxy groups -OCH3 is 1. The second-order valence-corrected chi connectivity index (χ2v) is 7.95.